The summed E-state index contributed by atoms with van der Waals surface area (Å²) in [6.07, 6.45) is 1.72. The summed E-state index contributed by atoms with van der Waals surface area (Å²) in [6.45, 7) is 6.44. The number of fused-ring (bicyclic) bond motifs is 1. The van der Waals surface area contributed by atoms with Crippen LogP contribution in [0.1, 0.15) is 49.6 Å². The SMILES string of the molecule is CCC1(CC)OC(c2ccc(C)c(OC)c2)Nc2ccccc21. The van der Waals surface area contributed by atoms with Crippen LogP contribution in [0.25, 0.3) is 0 Å². The standard InChI is InChI=1S/C20H25NO2/c1-5-20(6-2)16-9-7-8-10-17(16)21-19(23-20)15-12-11-14(3)18(13-15)22-4/h7-13,19,21H,5-6H2,1-4H3. The number of rotatable bonds is 4. The van der Waals surface area contributed by atoms with Gasteiger partial charge in [0.15, 0.2) is 6.23 Å². The monoisotopic (exact) mass is 311 g/mol. The highest BCUT2D eigenvalue weighted by molar-refractivity contribution is 5.57. The Bertz CT molecular complexity index is 692. The maximum Gasteiger partial charge on any atom is 0.155 e. The first-order chi connectivity index (χ1) is 11.1. The van der Waals surface area contributed by atoms with Crippen molar-refractivity contribution in [1.29, 1.82) is 0 Å². The van der Waals surface area contributed by atoms with Gasteiger partial charge in [-0.1, -0.05) is 44.2 Å². The molecule has 2 aromatic carbocycles. The van der Waals surface area contributed by atoms with Crippen LogP contribution in [-0.4, -0.2) is 7.11 Å². The molecular weight excluding hydrogens is 286 g/mol. The van der Waals surface area contributed by atoms with Crippen molar-refractivity contribution in [2.75, 3.05) is 12.4 Å². The molecule has 0 radical (unpaired) electrons. The molecule has 3 rings (SSSR count). The van der Waals surface area contributed by atoms with E-state index in [1.54, 1.807) is 7.11 Å². The number of methoxy groups -OCH3 is 1. The van der Waals surface area contributed by atoms with Crippen molar-refractivity contribution >= 4 is 5.69 Å². The van der Waals surface area contributed by atoms with Crippen LogP contribution < -0.4 is 10.1 Å². The summed E-state index contributed by atoms with van der Waals surface area (Å²) in [5.74, 6) is 0.894. The van der Waals surface area contributed by atoms with Crippen molar-refractivity contribution in [2.45, 2.75) is 45.4 Å². The van der Waals surface area contributed by atoms with E-state index in [1.807, 2.05) is 0 Å². The lowest BCUT2D eigenvalue weighted by Gasteiger charge is -2.43. The molecule has 1 heterocycles. The summed E-state index contributed by atoms with van der Waals surface area (Å²) in [5, 5.41) is 3.53. The number of hydrogen-bond acceptors (Lipinski definition) is 3. The second-order valence-electron chi connectivity index (χ2n) is 6.12. The molecule has 0 bridgehead atoms. The van der Waals surface area contributed by atoms with E-state index in [0.717, 1.165) is 35.4 Å². The predicted molar refractivity (Wildman–Crippen MR) is 93.9 cm³/mol. The third kappa shape index (κ3) is 2.70. The molecule has 0 amide bonds. The third-order valence-corrected chi connectivity index (χ3v) is 4.93. The second kappa shape index (κ2) is 6.25. The molecule has 0 saturated carbocycles. The van der Waals surface area contributed by atoms with E-state index in [4.69, 9.17) is 9.47 Å². The Morgan fingerprint density at radius 1 is 1.13 bits per heavy atom. The summed E-state index contributed by atoms with van der Waals surface area (Å²) in [4.78, 5) is 0. The van der Waals surface area contributed by atoms with Crippen molar-refractivity contribution in [2.24, 2.45) is 0 Å². The largest absolute Gasteiger partial charge is 0.496 e. The van der Waals surface area contributed by atoms with Crippen molar-refractivity contribution in [3.63, 3.8) is 0 Å². The van der Waals surface area contributed by atoms with Gasteiger partial charge in [-0.2, -0.15) is 0 Å². The van der Waals surface area contributed by atoms with Crippen LogP contribution in [0.5, 0.6) is 5.75 Å². The highest BCUT2D eigenvalue weighted by Gasteiger charge is 2.39. The van der Waals surface area contributed by atoms with Gasteiger partial charge in [0.1, 0.15) is 5.75 Å². The molecule has 1 unspecified atom stereocenters. The average Bonchev–Trinajstić information content (AvgIpc) is 2.61. The van der Waals surface area contributed by atoms with Crippen LogP contribution in [0.15, 0.2) is 42.5 Å². The fraction of sp³-hybridized carbons (Fsp3) is 0.400. The molecule has 0 fully saturated rings. The molecule has 1 aliphatic heterocycles. The van der Waals surface area contributed by atoms with Gasteiger partial charge in [0.05, 0.1) is 12.7 Å². The zero-order valence-electron chi connectivity index (χ0n) is 14.3. The molecule has 0 spiro atoms. The average molecular weight is 311 g/mol. The van der Waals surface area contributed by atoms with Gasteiger partial charge in [0, 0.05) is 16.8 Å². The highest BCUT2D eigenvalue weighted by atomic mass is 16.5. The summed E-state index contributed by atoms with van der Waals surface area (Å²) >= 11 is 0. The van der Waals surface area contributed by atoms with Crippen molar-refractivity contribution < 1.29 is 9.47 Å². The minimum atomic E-state index is -0.245. The molecular formula is C20H25NO2. The van der Waals surface area contributed by atoms with Gasteiger partial charge in [-0.15, -0.1) is 0 Å². The summed E-state index contributed by atoms with van der Waals surface area (Å²) in [7, 11) is 1.71. The van der Waals surface area contributed by atoms with Gasteiger partial charge in [-0.25, -0.2) is 0 Å². The van der Waals surface area contributed by atoms with E-state index >= 15 is 0 Å². The minimum Gasteiger partial charge on any atom is -0.496 e. The first-order valence-corrected chi connectivity index (χ1v) is 8.32. The first-order valence-electron chi connectivity index (χ1n) is 8.32. The Morgan fingerprint density at radius 2 is 1.87 bits per heavy atom. The smallest absolute Gasteiger partial charge is 0.155 e. The Morgan fingerprint density at radius 3 is 2.57 bits per heavy atom. The van der Waals surface area contributed by atoms with E-state index < -0.39 is 0 Å². The normalized spacial score (nSPS) is 18.9. The van der Waals surface area contributed by atoms with Gasteiger partial charge in [0.2, 0.25) is 0 Å². The predicted octanol–water partition coefficient (Wildman–Crippen LogP) is 5.16. The van der Waals surface area contributed by atoms with Gasteiger partial charge < -0.3 is 14.8 Å². The molecule has 3 nitrogen and oxygen atoms in total. The van der Waals surface area contributed by atoms with E-state index in [1.165, 1.54) is 5.56 Å². The Labute approximate surface area is 138 Å². The number of ether oxygens (including phenoxy) is 2. The fourth-order valence-electron chi connectivity index (χ4n) is 3.41. The molecule has 1 aliphatic rings. The summed E-state index contributed by atoms with van der Waals surface area (Å²) < 4.78 is 12.0. The number of aryl methyl sites for hydroxylation is 1. The van der Waals surface area contributed by atoms with Crippen molar-refractivity contribution in [3.05, 3.63) is 59.2 Å². The van der Waals surface area contributed by atoms with E-state index in [2.05, 4.69) is 68.6 Å². The molecule has 122 valence electrons. The fourth-order valence-corrected chi connectivity index (χ4v) is 3.41. The lowest BCUT2D eigenvalue weighted by molar-refractivity contribution is -0.103. The molecule has 1 N–H and O–H groups in total. The molecule has 1 atom stereocenters. The molecule has 3 heteroatoms. The zero-order valence-corrected chi connectivity index (χ0v) is 14.3. The topological polar surface area (TPSA) is 30.5 Å². The van der Waals surface area contributed by atoms with E-state index in [9.17, 15) is 0 Å². The molecule has 0 saturated heterocycles. The van der Waals surface area contributed by atoms with Crippen LogP contribution in [-0.2, 0) is 10.3 Å². The van der Waals surface area contributed by atoms with Gasteiger partial charge in [-0.3, -0.25) is 0 Å². The van der Waals surface area contributed by atoms with Crippen LogP contribution in [0, 0.1) is 6.92 Å². The molecule has 23 heavy (non-hydrogen) atoms. The molecule has 0 aromatic heterocycles. The minimum absolute atomic E-state index is 0.167. The van der Waals surface area contributed by atoms with Gasteiger partial charge in [0.25, 0.3) is 0 Å². The van der Waals surface area contributed by atoms with E-state index in [-0.39, 0.29) is 11.8 Å². The number of benzene rings is 2. The maximum atomic E-state index is 6.56. The van der Waals surface area contributed by atoms with Crippen molar-refractivity contribution in [1.82, 2.24) is 0 Å². The Kier molecular flexibility index (Phi) is 4.31. The van der Waals surface area contributed by atoms with Crippen LogP contribution in [0.3, 0.4) is 0 Å². The summed E-state index contributed by atoms with van der Waals surface area (Å²) in [6, 6.07) is 14.7. The second-order valence-corrected chi connectivity index (χ2v) is 6.12. The first kappa shape index (κ1) is 15.9. The zero-order chi connectivity index (χ0) is 16.4. The quantitative estimate of drug-likeness (QED) is 0.846. The number of anilines is 1. The number of para-hydroxylation sites is 1. The van der Waals surface area contributed by atoms with Crippen molar-refractivity contribution in [3.8, 4) is 5.75 Å². The van der Waals surface area contributed by atoms with E-state index in [0.29, 0.717) is 0 Å². The molecule has 2 aromatic rings. The molecule has 0 aliphatic carbocycles. The maximum absolute atomic E-state index is 6.56. The van der Waals surface area contributed by atoms with Gasteiger partial charge >= 0.3 is 0 Å². The Hall–Kier alpha value is -2.00. The van der Waals surface area contributed by atoms with Crippen LogP contribution >= 0.6 is 0 Å². The lowest BCUT2D eigenvalue weighted by atomic mass is 9.85. The van der Waals surface area contributed by atoms with Crippen LogP contribution in [0.2, 0.25) is 0 Å². The van der Waals surface area contributed by atoms with Gasteiger partial charge in [-0.05, 0) is 37.5 Å². The lowest BCUT2D eigenvalue weighted by Crippen LogP contribution is -2.37. The van der Waals surface area contributed by atoms with Crippen LogP contribution in [0.4, 0.5) is 5.69 Å². The number of nitrogens with one attached hydrogen (secondary N) is 1. The Balaban J connectivity index is 2.04. The summed E-state index contributed by atoms with van der Waals surface area (Å²) in [5.41, 5.74) is 4.38. The highest BCUT2D eigenvalue weighted by Crippen LogP contribution is 2.46. The number of hydrogen-bond donors (Lipinski definition) is 1. The third-order valence-electron chi connectivity index (χ3n) is 4.93.